The molecule has 1 aliphatic rings. The zero-order chi connectivity index (χ0) is 21.4. The Balaban J connectivity index is 1.56. The standard InChI is InChI=1S/C17H15Cl2FN4O4S2/c18-8-1-7(2-9(19)15(8)20)30-14-3-12(16(26)13(5-25)28-14)24-4-10(22-23-24)11-6-29-17(27)21-11/h1-2,4,6,12-14,16,25-26H,3,5H2,(H,21,27)/t12-,13?,14-,16?/m1/s1. The van der Waals surface area contributed by atoms with Crippen molar-refractivity contribution in [3.8, 4) is 16.6 Å². The van der Waals surface area contributed by atoms with Gasteiger partial charge in [-0.3, -0.25) is 0 Å². The van der Waals surface area contributed by atoms with Gasteiger partial charge in [0.15, 0.2) is 5.82 Å². The monoisotopic (exact) mass is 492 g/mol. The predicted octanol–water partition coefficient (Wildman–Crippen LogP) is 3.35. The molecule has 0 amide bonds. The molecule has 3 N–H and O–H groups in total. The van der Waals surface area contributed by atoms with Gasteiger partial charge in [-0.2, -0.15) is 0 Å². The molecule has 8 nitrogen and oxygen atoms in total. The second kappa shape index (κ2) is 8.95. The average molecular weight is 493 g/mol. The smallest absolute Gasteiger partial charge is 0.271 e. The van der Waals surface area contributed by atoms with E-state index in [-0.39, 0.29) is 15.2 Å². The van der Waals surface area contributed by atoms with Crippen molar-refractivity contribution in [2.24, 2.45) is 0 Å². The summed E-state index contributed by atoms with van der Waals surface area (Å²) >= 11 is 14.0. The molecule has 13 heteroatoms. The summed E-state index contributed by atoms with van der Waals surface area (Å²) in [5, 5.41) is 39.2. The van der Waals surface area contributed by atoms with Crippen molar-refractivity contribution in [3.63, 3.8) is 0 Å². The Hall–Kier alpha value is -1.47. The third kappa shape index (κ3) is 4.42. The van der Waals surface area contributed by atoms with Crippen molar-refractivity contribution >= 4 is 46.3 Å². The van der Waals surface area contributed by atoms with Gasteiger partial charge in [0.2, 0.25) is 0 Å². The summed E-state index contributed by atoms with van der Waals surface area (Å²) in [6.07, 6.45) is 0.0319. The Morgan fingerprint density at radius 3 is 2.67 bits per heavy atom. The number of hydrogen-bond acceptors (Lipinski definition) is 9. The minimum atomic E-state index is -1.04. The normalized spacial score (nSPS) is 24.3. The Labute approximate surface area is 188 Å². The van der Waals surface area contributed by atoms with E-state index in [0.717, 1.165) is 11.3 Å². The summed E-state index contributed by atoms with van der Waals surface area (Å²) in [7, 11) is 0. The van der Waals surface area contributed by atoms with Crippen molar-refractivity contribution in [2.45, 2.75) is 35.0 Å². The first-order valence-electron chi connectivity index (χ1n) is 8.68. The van der Waals surface area contributed by atoms with Crippen LogP contribution in [0, 0.1) is 5.82 Å². The molecule has 4 atom stereocenters. The number of benzene rings is 1. The molecule has 1 aliphatic heterocycles. The van der Waals surface area contributed by atoms with Gasteiger partial charge in [0.1, 0.15) is 29.0 Å². The van der Waals surface area contributed by atoms with E-state index in [0.29, 0.717) is 22.7 Å². The van der Waals surface area contributed by atoms with Crippen LogP contribution in [0.5, 0.6) is 5.19 Å². The van der Waals surface area contributed by atoms with Gasteiger partial charge in [0.05, 0.1) is 28.9 Å². The van der Waals surface area contributed by atoms with E-state index in [4.69, 9.17) is 27.9 Å². The van der Waals surface area contributed by atoms with Crippen LogP contribution in [0.25, 0.3) is 11.4 Å². The fourth-order valence-corrected chi connectivity index (χ4v) is 5.42. The topological polar surface area (TPSA) is 114 Å². The van der Waals surface area contributed by atoms with Crippen LogP contribution in [0.1, 0.15) is 12.5 Å². The lowest BCUT2D eigenvalue weighted by molar-refractivity contribution is -0.130. The summed E-state index contributed by atoms with van der Waals surface area (Å²) in [5.41, 5.74) is 0.404. The van der Waals surface area contributed by atoms with Crippen LogP contribution in [0.3, 0.4) is 0 Å². The number of nitrogens with zero attached hydrogens (tertiary/aromatic N) is 4. The second-order valence-electron chi connectivity index (χ2n) is 6.50. The SMILES string of the molecule is OCC1O[C@H](Sc2cc(Cl)c(F)c(Cl)c2)C[C@@H](n2cc(-c3csc(O)n3)nn2)C1O. The molecule has 2 aromatic heterocycles. The Morgan fingerprint density at radius 1 is 1.30 bits per heavy atom. The number of thioether (sulfide) groups is 1. The quantitative estimate of drug-likeness (QED) is 0.464. The highest BCUT2D eigenvalue weighted by Gasteiger charge is 2.39. The summed E-state index contributed by atoms with van der Waals surface area (Å²) in [5.74, 6) is -0.697. The molecular formula is C17H15Cl2FN4O4S2. The number of thiazole rings is 1. The van der Waals surface area contributed by atoms with Crippen molar-refractivity contribution in [2.75, 3.05) is 6.61 Å². The molecule has 2 unspecified atom stereocenters. The summed E-state index contributed by atoms with van der Waals surface area (Å²) in [6, 6.07) is 2.33. The maximum atomic E-state index is 13.7. The average Bonchev–Trinajstić information content (AvgIpc) is 3.36. The number of aromatic hydroxyl groups is 1. The van der Waals surface area contributed by atoms with Gasteiger partial charge in [0, 0.05) is 16.7 Å². The largest absolute Gasteiger partial charge is 0.486 e. The van der Waals surface area contributed by atoms with Crippen LogP contribution in [0.4, 0.5) is 4.39 Å². The Morgan fingerprint density at radius 2 is 2.03 bits per heavy atom. The van der Waals surface area contributed by atoms with Crippen molar-refractivity contribution < 1.29 is 24.4 Å². The molecule has 1 aromatic carbocycles. The maximum Gasteiger partial charge on any atom is 0.271 e. The molecule has 0 spiro atoms. The van der Waals surface area contributed by atoms with Crippen LogP contribution < -0.4 is 0 Å². The third-order valence-electron chi connectivity index (χ3n) is 4.55. The van der Waals surface area contributed by atoms with Gasteiger partial charge in [-0.25, -0.2) is 14.1 Å². The molecular weight excluding hydrogens is 478 g/mol. The van der Waals surface area contributed by atoms with Crippen LogP contribution in [0.15, 0.2) is 28.6 Å². The lowest BCUT2D eigenvalue weighted by atomic mass is 10.00. The van der Waals surface area contributed by atoms with Gasteiger partial charge in [-0.1, -0.05) is 51.5 Å². The Kier molecular flexibility index (Phi) is 6.49. The number of aromatic nitrogens is 4. The summed E-state index contributed by atoms with van der Waals surface area (Å²) in [4.78, 5) is 4.54. The first-order chi connectivity index (χ1) is 14.4. The molecule has 1 fully saturated rings. The number of hydrogen-bond donors (Lipinski definition) is 3. The van der Waals surface area contributed by atoms with E-state index in [1.165, 1.54) is 28.6 Å². The molecule has 0 radical (unpaired) electrons. The minimum Gasteiger partial charge on any atom is -0.486 e. The maximum absolute atomic E-state index is 13.7. The zero-order valence-electron chi connectivity index (χ0n) is 15.0. The van der Waals surface area contributed by atoms with Crippen LogP contribution in [-0.4, -0.2) is 59.5 Å². The number of rotatable bonds is 5. The number of ether oxygens (including phenoxy) is 1. The first kappa shape index (κ1) is 21.8. The van der Waals surface area contributed by atoms with Crippen molar-refractivity contribution in [3.05, 3.63) is 39.6 Å². The molecule has 4 rings (SSSR count). The minimum absolute atomic E-state index is 0.0842. The van der Waals surface area contributed by atoms with E-state index in [9.17, 15) is 19.7 Å². The van der Waals surface area contributed by atoms with E-state index >= 15 is 0 Å². The lowest BCUT2D eigenvalue weighted by Gasteiger charge is -2.38. The second-order valence-corrected chi connectivity index (χ2v) is 9.38. The highest BCUT2D eigenvalue weighted by Crippen LogP contribution is 2.40. The van der Waals surface area contributed by atoms with Gasteiger partial charge >= 0.3 is 0 Å². The van der Waals surface area contributed by atoms with E-state index in [1.54, 1.807) is 11.6 Å². The molecule has 0 saturated carbocycles. The van der Waals surface area contributed by atoms with Crippen LogP contribution in [-0.2, 0) is 4.74 Å². The third-order valence-corrected chi connectivity index (χ3v) is 6.81. The number of aliphatic hydroxyl groups is 2. The molecule has 3 aromatic rings. The predicted molar refractivity (Wildman–Crippen MR) is 110 cm³/mol. The van der Waals surface area contributed by atoms with E-state index in [2.05, 4.69) is 15.3 Å². The zero-order valence-corrected chi connectivity index (χ0v) is 18.2. The highest BCUT2D eigenvalue weighted by atomic mass is 35.5. The molecule has 0 aliphatic carbocycles. The van der Waals surface area contributed by atoms with Gasteiger partial charge in [-0.15, -0.1) is 5.10 Å². The van der Waals surface area contributed by atoms with Crippen LogP contribution in [0.2, 0.25) is 10.0 Å². The van der Waals surface area contributed by atoms with Gasteiger partial charge in [-0.05, 0) is 12.1 Å². The first-order valence-corrected chi connectivity index (χ1v) is 11.2. The summed E-state index contributed by atoms with van der Waals surface area (Å²) in [6.45, 7) is -0.402. The molecule has 30 heavy (non-hydrogen) atoms. The lowest BCUT2D eigenvalue weighted by Crippen LogP contribution is -2.47. The van der Waals surface area contributed by atoms with Crippen molar-refractivity contribution in [1.29, 1.82) is 0 Å². The molecule has 1 saturated heterocycles. The van der Waals surface area contributed by atoms with E-state index < -0.39 is 36.1 Å². The fourth-order valence-electron chi connectivity index (χ4n) is 3.10. The number of halogens is 3. The van der Waals surface area contributed by atoms with Gasteiger partial charge in [0.25, 0.3) is 5.19 Å². The number of aliphatic hydroxyl groups excluding tert-OH is 2. The summed E-state index contributed by atoms with van der Waals surface area (Å²) < 4.78 is 20.9. The van der Waals surface area contributed by atoms with E-state index in [1.807, 2.05) is 0 Å². The Bertz CT molecular complexity index is 1030. The van der Waals surface area contributed by atoms with Crippen molar-refractivity contribution in [1.82, 2.24) is 20.0 Å². The fraction of sp³-hybridized carbons (Fsp3) is 0.353. The molecule has 160 valence electrons. The molecule has 3 heterocycles. The van der Waals surface area contributed by atoms with Crippen LogP contribution >= 0.6 is 46.3 Å². The van der Waals surface area contributed by atoms with Gasteiger partial charge < -0.3 is 20.1 Å². The highest BCUT2D eigenvalue weighted by molar-refractivity contribution is 7.99. The molecule has 0 bridgehead atoms.